The highest BCUT2D eigenvalue weighted by Crippen LogP contribution is 2.22. The van der Waals surface area contributed by atoms with Crippen molar-refractivity contribution in [3.8, 4) is 0 Å². The highest BCUT2D eigenvalue weighted by molar-refractivity contribution is 5.95. The second kappa shape index (κ2) is 3.87. The summed E-state index contributed by atoms with van der Waals surface area (Å²) in [4.78, 5) is 4.52. The van der Waals surface area contributed by atoms with Crippen molar-refractivity contribution in [3.05, 3.63) is 35.6 Å². The van der Waals surface area contributed by atoms with E-state index in [1.54, 1.807) is 12.1 Å². The van der Waals surface area contributed by atoms with Crippen LogP contribution in [-0.4, -0.2) is 31.1 Å². The molecule has 4 heteroatoms. The lowest BCUT2D eigenvalue weighted by molar-refractivity contribution is 0.161. The lowest BCUT2D eigenvalue weighted by Gasteiger charge is -2.23. The van der Waals surface area contributed by atoms with Crippen molar-refractivity contribution in [3.63, 3.8) is 0 Å². The third kappa shape index (κ3) is 1.69. The molecular weight excluding hydrogens is 207 g/mol. The second-order valence-electron chi connectivity index (χ2n) is 4.16. The summed E-state index contributed by atoms with van der Waals surface area (Å²) in [6.45, 7) is 1.85. The predicted octanol–water partition coefficient (Wildman–Crippen LogP) is 1.33. The molecule has 0 aliphatic carbocycles. The minimum Gasteiger partial charge on any atom is -0.472 e. The number of hydrogen-bond acceptors (Lipinski definition) is 3. The van der Waals surface area contributed by atoms with E-state index in [0.717, 1.165) is 25.1 Å². The second-order valence-corrected chi connectivity index (χ2v) is 4.16. The summed E-state index contributed by atoms with van der Waals surface area (Å²) in [6.07, 6.45) is 1.18. The van der Waals surface area contributed by atoms with Crippen LogP contribution in [0, 0.1) is 5.82 Å². The summed E-state index contributed by atoms with van der Waals surface area (Å²) in [6, 6.07) is 6.49. The monoisotopic (exact) mass is 220 g/mol. The zero-order valence-corrected chi connectivity index (χ0v) is 8.82. The minimum absolute atomic E-state index is 0.196. The number of rotatable bonds is 1. The van der Waals surface area contributed by atoms with Crippen molar-refractivity contribution in [2.45, 2.75) is 18.6 Å². The molecule has 84 valence electrons. The molecular formula is C12H13FN2O. The van der Waals surface area contributed by atoms with Crippen LogP contribution in [0.1, 0.15) is 12.0 Å². The van der Waals surface area contributed by atoms with Gasteiger partial charge in [0.1, 0.15) is 18.0 Å². The fraction of sp³-hybridized carbons (Fsp3) is 0.417. The Morgan fingerprint density at radius 2 is 2.12 bits per heavy atom. The topological polar surface area (TPSA) is 33.6 Å². The largest absolute Gasteiger partial charge is 0.472 e. The molecule has 1 fully saturated rings. The number of aliphatic imine (C=N–C) groups is 1. The average molecular weight is 220 g/mol. The number of ether oxygens (including phenoxy) is 1. The normalized spacial score (nSPS) is 28.2. The van der Waals surface area contributed by atoms with Crippen LogP contribution < -0.4 is 5.32 Å². The van der Waals surface area contributed by atoms with Gasteiger partial charge in [-0.1, -0.05) is 0 Å². The van der Waals surface area contributed by atoms with E-state index in [1.807, 2.05) is 0 Å². The van der Waals surface area contributed by atoms with E-state index < -0.39 is 0 Å². The summed E-state index contributed by atoms with van der Waals surface area (Å²) in [5.74, 6) is 0.417. The first kappa shape index (κ1) is 9.78. The number of nitrogens with zero attached hydrogens (tertiary/aromatic N) is 1. The molecule has 2 heterocycles. The van der Waals surface area contributed by atoms with Gasteiger partial charge in [-0.2, -0.15) is 0 Å². The van der Waals surface area contributed by atoms with Crippen LogP contribution >= 0.6 is 0 Å². The van der Waals surface area contributed by atoms with Crippen LogP contribution in [0.25, 0.3) is 0 Å². The van der Waals surface area contributed by atoms with Gasteiger partial charge in [0.15, 0.2) is 0 Å². The van der Waals surface area contributed by atoms with Crippen LogP contribution in [0.4, 0.5) is 4.39 Å². The molecule has 1 N–H and O–H groups in total. The number of piperidine rings is 1. The molecule has 0 saturated carbocycles. The van der Waals surface area contributed by atoms with Crippen LogP contribution in [-0.2, 0) is 4.74 Å². The number of nitrogens with one attached hydrogen (secondary N) is 1. The van der Waals surface area contributed by atoms with Gasteiger partial charge in [-0.3, -0.25) is 0 Å². The molecule has 0 spiro atoms. The van der Waals surface area contributed by atoms with Gasteiger partial charge >= 0.3 is 0 Å². The maximum Gasteiger partial charge on any atom is 0.216 e. The van der Waals surface area contributed by atoms with Crippen molar-refractivity contribution in [1.29, 1.82) is 0 Å². The molecule has 1 aromatic rings. The third-order valence-corrected chi connectivity index (χ3v) is 3.03. The zero-order chi connectivity index (χ0) is 11.0. The Labute approximate surface area is 93.3 Å². The Bertz CT molecular complexity index is 416. The smallest absolute Gasteiger partial charge is 0.216 e. The zero-order valence-electron chi connectivity index (χ0n) is 8.82. The Morgan fingerprint density at radius 1 is 1.31 bits per heavy atom. The fourth-order valence-electron chi connectivity index (χ4n) is 2.14. The molecule has 1 aromatic carbocycles. The Morgan fingerprint density at radius 3 is 2.88 bits per heavy atom. The molecule has 2 unspecified atom stereocenters. The van der Waals surface area contributed by atoms with Crippen molar-refractivity contribution in [2.75, 3.05) is 13.1 Å². The van der Waals surface area contributed by atoms with Crippen molar-refractivity contribution in [2.24, 2.45) is 4.99 Å². The molecule has 2 atom stereocenters. The lowest BCUT2D eigenvalue weighted by Crippen LogP contribution is -2.41. The first-order valence-corrected chi connectivity index (χ1v) is 5.54. The quantitative estimate of drug-likeness (QED) is 0.774. The first-order valence-electron chi connectivity index (χ1n) is 5.54. The Hall–Kier alpha value is -1.42. The molecule has 0 bridgehead atoms. The maximum absolute atomic E-state index is 12.8. The molecule has 1 saturated heterocycles. The van der Waals surface area contributed by atoms with Crippen molar-refractivity contribution >= 4 is 5.90 Å². The minimum atomic E-state index is -0.235. The Balaban J connectivity index is 1.83. The maximum atomic E-state index is 12.8. The molecule has 3 nitrogen and oxygen atoms in total. The van der Waals surface area contributed by atoms with Gasteiger partial charge in [0.05, 0.1) is 0 Å². The summed E-state index contributed by atoms with van der Waals surface area (Å²) < 4.78 is 18.6. The Kier molecular flexibility index (Phi) is 2.36. The standard InChI is InChI=1S/C12H13FN2O/c13-9-3-1-8(2-4-9)12-15-10-7-14-6-5-11(10)16-12/h1-4,10-11,14H,5-7H2. The third-order valence-electron chi connectivity index (χ3n) is 3.03. The highest BCUT2D eigenvalue weighted by Gasteiger charge is 2.33. The van der Waals surface area contributed by atoms with Gasteiger partial charge in [0, 0.05) is 12.1 Å². The molecule has 3 rings (SSSR count). The lowest BCUT2D eigenvalue weighted by atomic mass is 10.1. The molecule has 2 aliphatic heterocycles. The van der Waals surface area contributed by atoms with E-state index in [4.69, 9.17) is 4.74 Å². The summed E-state index contributed by atoms with van der Waals surface area (Å²) in [5.41, 5.74) is 0.857. The molecule has 16 heavy (non-hydrogen) atoms. The molecule has 2 aliphatic rings. The SMILES string of the molecule is Fc1ccc(C2=NC3CNCCC3O2)cc1. The van der Waals surface area contributed by atoms with Gasteiger partial charge in [-0.25, -0.2) is 9.38 Å². The number of halogens is 1. The van der Waals surface area contributed by atoms with Gasteiger partial charge in [-0.05, 0) is 37.2 Å². The van der Waals surface area contributed by atoms with Gasteiger partial charge in [-0.15, -0.1) is 0 Å². The van der Waals surface area contributed by atoms with Crippen LogP contribution in [0.3, 0.4) is 0 Å². The van der Waals surface area contributed by atoms with E-state index >= 15 is 0 Å². The number of benzene rings is 1. The summed E-state index contributed by atoms with van der Waals surface area (Å²) >= 11 is 0. The van der Waals surface area contributed by atoms with E-state index in [-0.39, 0.29) is 18.0 Å². The van der Waals surface area contributed by atoms with Crippen molar-refractivity contribution < 1.29 is 9.13 Å². The average Bonchev–Trinajstić information content (AvgIpc) is 2.73. The van der Waals surface area contributed by atoms with Crippen molar-refractivity contribution in [1.82, 2.24) is 5.32 Å². The van der Waals surface area contributed by atoms with Gasteiger partial charge in [0.25, 0.3) is 0 Å². The van der Waals surface area contributed by atoms with Gasteiger partial charge in [0.2, 0.25) is 5.90 Å². The van der Waals surface area contributed by atoms with Crippen LogP contribution in [0.15, 0.2) is 29.3 Å². The van der Waals surface area contributed by atoms with Crippen LogP contribution in [0.5, 0.6) is 0 Å². The first-order chi connectivity index (χ1) is 7.83. The van der Waals surface area contributed by atoms with E-state index in [1.165, 1.54) is 12.1 Å². The molecule has 0 radical (unpaired) electrons. The van der Waals surface area contributed by atoms with E-state index in [2.05, 4.69) is 10.3 Å². The summed E-state index contributed by atoms with van der Waals surface area (Å²) in [5, 5.41) is 3.29. The predicted molar refractivity (Wildman–Crippen MR) is 59.1 cm³/mol. The van der Waals surface area contributed by atoms with Gasteiger partial charge < -0.3 is 10.1 Å². The molecule has 0 amide bonds. The fourth-order valence-corrected chi connectivity index (χ4v) is 2.14. The number of hydrogen-bond donors (Lipinski definition) is 1. The number of fused-ring (bicyclic) bond motifs is 1. The van der Waals surface area contributed by atoms with E-state index in [0.29, 0.717) is 5.90 Å². The summed E-state index contributed by atoms with van der Waals surface area (Å²) in [7, 11) is 0. The van der Waals surface area contributed by atoms with E-state index in [9.17, 15) is 4.39 Å². The molecule has 0 aromatic heterocycles. The highest BCUT2D eigenvalue weighted by atomic mass is 19.1. The van der Waals surface area contributed by atoms with Crippen LogP contribution in [0.2, 0.25) is 0 Å².